The maximum atomic E-state index is 9.31. The number of rotatable bonds is 8. The number of allylic oxidation sites excluding steroid dienone is 2. The molecular formula is C64H64Cl2O2SiZr. The molecule has 0 N–H and O–H groups in total. The van der Waals surface area contributed by atoms with Gasteiger partial charge >= 0.3 is 428 Å². The number of hydrogen-bond acceptors (Lipinski definition) is 2. The Morgan fingerprint density at radius 3 is 1.11 bits per heavy atom. The second-order valence-electron chi connectivity index (χ2n) is 22.3. The van der Waals surface area contributed by atoms with Gasteiger partial charge in [-0.05, 0) is 0 Å². The molecule has 2 atom stereocenters. The van der Waals surface area contributed by atoms with Gasteiger partial charge in [0, 0.05) is 0 Å². The molecular weight excluding hydrogens is 991 g/mol. The fraction of sp³-hybridized carbons (Fsp3) is 0.250. The topological polar surface area (TPSA) is 26.3 Å². The van der Waals surface area contributed by atoms with Gasteiger partial charge in [0.15, 0.2) is 0 Å². The van der Waals surface area contributed by atoms with Crippen molar-refractivity contribution in [3.63, 3.8) is 0 Å². The number of hydrogen-bond donors (Lipinski definition) is 0. The van der Waals surface area contributed by atoms with Gasteiger partial charge in [-0.15, -0.1) is 0 Å². The first-order valence-electron chi connectivity index (χ1n) is 24.8. The van der Waals surface area contributed by atoms with Gasteiger partial charge in [0.25, 0.3) is 0 Å². The summed E-state index contributed by atoms with van der Waals surface area (Å²) >= 11 is -5.66. The van der Waals surface area contributed by atoms with Crippen molar-refractivity contribution < 1.29 is 23.8 Å². The van der Waals surface area contributed by atoms with Crippen molar-refractivity contribution in [2.75, 3.05) is 0 Å². The summed E-state index contributed by atoms with van der Waals surface area (Å²) in [6.07, 6.45) is 4.80. The summed E-state index contributed by atoms with van der Waals surface area (Å²) in [5.41, 5.74) is 19.8. The number of aryl methyl sites for hydroxylation is 2. The Labute approximate surface area is 424 Å². The normalized spacial score (nSPS) is 16.0. The van der Waals surface area contributed by atoms with E-state index in [4.69, 9.17) is 8.83 Å². The molecule has 2 unspecified atom stereocenters. The number of furan rings is 2. The van der Waals surface area contributed by atoms with Crippen LogP contribution in [-0.4, -0.2) is 5.43 Å². The van der Waals surface area contributed by atoms with Crippen molar-refractivity contribution >= 4 is 45.8 Å². The van der Waals surface area contributed by atoms with Crippen molar-refractivity contribution in [3.05, 3.63) is 213 Å². The Morgan fingerprint density at radius 2 is 0.786 bits per heavy atom. The van der Waals surface area contributed by atoms with Crippen LogP contribution >= 0.6 is 17.0 Å². The van der Waals surface area contributed by atoms with E-state index in [2.05, 4.69) is 228 Å². The van der Waals surface area contributed by atoms with E-state index in [0.29, 0.717) is 0 Å². The summed E-state index contributed by atoms with van der Waals surface area (Å²) < 4.78 is 13.5. The van der Waals surface area contributed by atoms with E-state index >= 15 is 0 Å². The molecule has 0 amide bonds. The first-order valence-corrected chi connectivity index (χ1v) is 40.1. The summed E-state index contributed by atoms with van der Waals surface area (Å²) in [7, 11) is 18.6. The molecule has 6 heteroatoms. The van der Waals surface area contributed by atoms with E-state index in [1.807, 2.05) is 12.1 Å². The zero-order valence-electron chi connectivity index (χ0n) is 42.7. The Bertz CT molecular complexity index is 3270. The van der Waals surface area contributed by atoms with Crippen molar-refractivity contribution in [1.82, 2.24) is 0 Å². The molecule has 2 aromatic heterocycles. The molecule has 8 aromatic rings. The maximum absolute atomic E-state index is 9.31. The molecule has 2 nitrogen and oxygen atoms in total. The molecule has 0 aliphatic heterocycles. The van der Waals surface area contributed by atoms with Crippen LogP contribution in [-0.2, 0) is 25.8 Å². The second kappa shape index (κ2) is 17.7. The van der Waals surface area contributed by atoms with Crippen LogP contribution in [0.2, 0.25) is 13.1 Å². The van der Waals surface area contributed by atoms with E-state index in [1.165, 1.54) is 77.9 Å². The zero-order chi connectivity index (χ0) is 49.7. The number of halogens is 2. The van der Waals surface area contributed by atoms with Gasteiger partial charge in [-0.3, -0.25) is 0 Å². The first kappa shape index (κ1) is 48.7. The fourth-order valence-electron chi connectivity index (χ4n) is 11.4. The Balaban J connectivity index is 1.27. The molecule has 0 saturated carbocycles. The molecule has 10 rings (SSSR count). The Hall–Kier alpha value is -4.96. The molecule has 2 aliphatic carbocycles. The SMILES string of the molecule is Cc1cc2c(c(-c3ccc(C(C)(C)C)cc3)c1C)C=C(c1ccc(-c3ccccc3)o1)[CH]2[Zr]([Cl])([Cl])([CH]1C(c2ccc(-c3ccccc3)o2)=Cc2c1cc(C)c(C)c2-c1ccc(C(C)(C)C)cc1)=[Si](C)C. The van der Waals surface area contributed by atoms with Gasteiger partial charge in [0.2, 0.25) is 0 Å². The van der Waals surface area contributed by atoms with Gasteiger partial charge in [-0.25, -0.2) is 0 Å². The Morgan fingerprint density at radius 1 is 0.443 bits per heavy atom. The Kier molecular flexibility index (Phi) is 12.3. The molecule has 0 radical (unpaired) electrons. The van der Waals surface area contributed by atoms with Crippen LogP contribution in [0.25, 0.3) is 68.2 Å². The molecule has 70 heavy (non-hydrogen) atoms. The van der Waals surface area contributed by atoms with Gasteiger partial charge in [-0.1, -0.05) is 0 Å². The van der Waals surface area contributed by atoms with Crippen molar-refractivity contribution in [3.8, 4) is 44.9 Å². The minimum absolute atomic E-state index is 0.0275. The van der Waals surface area contributed by atoms with Crippen LogP contribution in [0, 0.1) is 27.7 Å². The second-order valence-corrected chi connectivity index (χ2v) is 61.1. The van der Waals surface area contributed by atoms with Gasteiger partial charge in [0.05, 0.1) is 0 Å². The van der Waals surface area contributed by atoms with Crippen LogP contribution in [0.3, 0.4) is 0 Å². The molecule has 0 fully saturated rings. The first-order chi connectivity index (χ1) is 33.1. The predicted molar refractivity (Wildman–Crippen MR) is 299 cm³/mol. The van der Waals surface area contributed by atoms with E-state index in [-0.39, 0.29) is 18.1 Å². The molecule has 6 aromatic carbocycles. The van der Waals surface area contributed by atoms with Gasteiger partial charge in [-0.2, -0.15) is 0 Å². The summed E-state index contributed by atoms with van der Waals surface area (Å²) in [6.45, 7) is 27.4. The minimum atomic E-state index is -5.66. The molecule has 2 heterocycles. The average Bonchev–Trinajstić information content (AvgIpc) is 4.16. The summed E-state index contributed by atoms with van der Waals surface area (Å²) in [6, 6.07) is 52.5. The molecule has 354 valence electrons. The average molecular weight is 1060 g/mol. The van der Waals surface area contributed by atoms with Crippen LogP contribution in [0.15, 0.2) is 154 Å². The summed E-state index contributed by atoms with van der Waals surface area (Å²) in [5, 5.41) is 0. The summed E-state index contributed by atoms with van der Waals surface area (Å²) in [4.78, 5) is 0. The van der Waals surface area contributed by atoms with E-state index in [0.717, 1.165) is 45.3 Å². The quantitative estimate of drug-likeness (QED) is 0.142. The standard InChI is InChI=1S/2C31H29O.C2H6Si.2ClH.Zr/c2*1-20-17-24-18-25(29-16-15-28(32-29)22-9-7-6-8-10-22)19-27(24)30(21(20)2)23-11-13-26(14-12-23)31(3,4)5;1-3-2;;;/h2*6-19H,1-5H3;1-2H3;2*1H;/q;;;;;+2/p-2. The molecule has 0 bridgehead atoms. The zero-order valence-corrected chi connectivity index (χ0v) is 47.7. The molecule has 0 saturated heterocycles. The number of fused-ring (bicyclic) bond motifs is 2. The van der Waals surface area contributed by atoms with E-state index < -0.39 is 20.4 Å². The van der Waals surface area contributed by atoms with Crippen LogP contribution < -0.4 is 0 Å². The third-order valence-electron chi connectivity index (χ3n) is 15.7. The molecule has 0 spiro atoms. The third kappa shape index (κ3) is 8.10. The van der Waals surface area contributed by atoms with Crippen LogP contribution in [0.1, 0.15) is 116 Å². The van der Waals surface area contributed by atoms with E-state index in [9.17, 15) is 17.0 Å². The summed E-state index contributed by atoms with van der Waals surface area (Å²) in [5.74, 6) is 3.25. The molecule has 2 aliphatic rings. The monoisotopic (exact) mass is 1050 g/mol. The fourth-order valence-corrected chi connectivity index (χ4v) is 39.0. The van der Waals surface area contributed by atoms with E-state index in [1.54, 1.807) is 0 Å². The third-order valence-corrected chi connectivity index (χ3v) is 61.9. The van der Waals surface area contributed by atoms with Gasteiger partial charge < -0.3 is 0 Å². The van der Waals surface area contributed by atoms with Crippen molar-refractivity contribution in [1.29, 1.82) is 0 Å². The number of benzene rings is 6. The van der Waals surface area contributed by atoms with Gasteiger partial charge in [0.1, 0.15) is 0 Å². The predicted octanol–water partition coefficient (Wildman–Crippen LogP) is 19.5. The van der Waals surface area contributed by atoms with Crippen molar-refractivity contribution in [2.24, 2.45) is 0 Å². The van der Waals surface area contributed by atoms with Crippen LogP contribution in [0.4, 0.5) is 0 Å². The van der Waals surface area contributed by atoms with Crippen molar-refractivity contribution in [2.45, 2.75) is 100 Å². The van der Waals surface area contributed by atoms with Crippen LogP contribution in [0.5, 0.6) is 0 Å².